The fraction of sp³-hybridized carbons (Fsp3) is 0.389. The van der Waals surface area contributed by atoms with Gasteiger partial charge in [0.15, 0.2) is 0 Å². The number of carbonyl (C=O) groups excluding carboxylic acids is 1. The van der Waals surface area contributed by atoms with E-state index in [9.17, 15) is 9.59 Å². The van der Waals surface area contributed by atoms with Gasteiger partial charge in [-0.05, 0) is 25.7 Å². The van der Waals surface area contributed by atoms with Crippen LogP contribution in [0.15, 0.2) is 36.5 Å². The predicted octanol–water partition coefficient (Wildman–Crippen LogP) is 2.46. The van der Waals surface area contributed by atoms with Crippen LogP contribution in [0, 0.1) is 5.92 Å². The summed E-state index contributed by atoms with van der Waals surface area (Å²) in [7, 11) is 1.79. The Morgan fingerprint density at radius 1 is 1.17 bits per heavy atom. The van der Waals surface area contributed by atoms with Gasteiger partial charge in [-0.3, -0.25) is 14.3 Å². The number of carbonyl (C=O) groups is 2. The number of carboxylic acid groups (broad SMARTS) is 1. The molecule has 0 unspecified atom stereocenters. The number of aromatic nitrogens is 2. The molecule has 3 rings (SSSR count). The fourth-order valence-electron chi connectivity index (χ4n) is 3.21. The van der Waals surface area contributed by atoms with Crippen LogP contribution in [0.3, 0.4) is 0 Å². The molecule has 24 heavy (non-hydrogen) atoms. The molecule has 1 aromatic carbocycles. The minimum Gasteiger partial charge on any atom is -0.481 e. The maximum absolute atomic E-state index is 12.7. The first kappa shape index (κ1) is 16.2. The van der Waals surface area contributed by atoms with Gasteiger partial charge in [0.25, 0.3) is 5.91 Å². The highest BCUT2D eigenvalue weighted by atomic mass is 16.4. The van der Waals surface area contributed by atoms with Crippen molar-refractivity contribution in [1.29, 1.82) is 0 Å². The molecule has 1 amide bonds. The van der Waals surface area contributed by atoms with Crippen LogP contribution in [-0.4, -0.2) is 32.8 Å². The lowest BCUT2D eigenvalue weighted by Crippen LogP contribution is -2.38. The van der Waals surface area contributed by atoms with E-state index < -0.39 is 5.97 Å². The molecule has 0 aliphatic heterocycles. The van der Waals surface area contributed by atoms with E-state index in [2.05, 4.69) is 10.4 Å². The number of hydrogen-bond acceptors (Lipinski definition) is 3. The number of nitrogens with one attached hydrogen (secondary N) is 1. The molecule has 0 bridgehead atoms. The molecule has 1 aliphatic rings. The molecule has 2 N–H and O–H groups in total. The van der Waals surface area contributed by atoms with E-state index in [4.69, 9.17) is 5.11 Å². The lowest BCUT2D eigenvalue weighted by Gasteiger charge is -2.26. The van der Waals surface area contributed by atoms with E-state index in [1.165, 1.54) is 0 Å². The Morgan fingerprint density at radius 3 is 2.46 bits per heavy atom. The molecule has 1 fully saturated rings. The van der Waals surface area contributed by atoms with Crippen LogP contribution < -0.4 is 5.32 Å². The number of benzene rings is 1. The van der Waals surface area contributed by atoms with Gasteiger partial charge in [-0.15, -0.1) is 0 Å². The molecular formula is C18H21N3O3. The zero-order valence-electron chi connectivity index (χ0n) is 13.6. The number of amides is 1. The highest BCUT2D eigenvalue weighted by Gasteiger charge is 2.27. The highest BCUT2D eigenvalue weighted by molar-refractivity contribution is 6.00. The number of nitrogens with zero attached hydrogens (tertiary/aromatic N) is 2. The van der Waals surface area contributed by atoms with Crippen LogP contribution in [0.1, 0.15) is 36.0 Å². The topological polar surface area (TPSA) is 84.2 Å². The first-order chi connectivity index (χ1) is 11.5. The molecule has 1 heterocycles. The predicted molar refractivity (Wildman–Crippen MR) is 89.5 cm³/mol. The standard InChI is InChI=1S/C18H21N3O3/c1-21-11-15(16(20-21)12-5-3-2-4-6-12)17(22)19-14-9-7-13(8-10-14)18(23)24/h2-6,11,13-14H,7-10H2,1H3,(H,19,22)(H,23,24). The van der Waals surface area contributed by atoms with Crippen molar-refractivity contribution in [2.75, 3.05) is 0 Å². The molecule has 1 aromatic heterocycles. The van der Waals surface area contributed by atoms with Crippen molar-refractivity contribution in [2.45, 2.75) is 31.7 Å². The van der Waals surface area contributed by atoms with E-state index >= 15 is 0 Å². The maximum Gasteiger partial charge on any atom is 0.306 e. The molecule has 0 saturated heterocycles. The Hall–Kier alpha value is -2.63. The molecule has 6 nitrogen and oxygen atoms in total. The lowest BCUT2D eigenvalue weighted by atomic mass is 9.86. The normalized spacial score (nSPS) is 20.5. The summed E-state index contributed by atoms with van der Waals surface area (Å²) in [5.41, 5.74) is 2.11. The van der Waals surface area contributed by atoms with Gasteiger partial charge in [-0.25, -0.2) is 0 Å². The third kappa shape index (κ3) is 3.48. The van der Waals surface area contributed by atoms with Gasteiger partial charge >= 0.3 is 5.97 Å². The van der Waals surface area contributed by atoms with Crippen molar-refractivity contribution in [1.82, 2.24) is 15.1 Å². The quantitative estimate of drug-likeness (QED) is 0.903. The monoisotopic (exact) mass is 327 g/mol. The van der Waals surface area contributed by atoms with Crippen molar-refractivity contribution in [2.24, 2.45) is 13.0 Å². The van der Waals surface area contributed by atoms with Crippen molar-refractivity contribution < 1.29 is 14.7 Å². The van der Waals surface area contributed by atoms with E-state index in [1.807, 2.05) is 30.3 Å². The summed E-state index contributed by atoms with van der Waals surface area (Å²) in [5.74, 6) is -1.17. The summed E-state index contributed by atoms with van der Waals surface area (Å²) in [6, 6.07) is 9.64. The van der Waals surface area contributed by atoms with Gasteiger partial charge in [0.1, 0.15) is 5.69 Å². The lowest BCUT2D eigenvalue weighted by molar-refractivity contribution is -0.142. The molecule has 0 atom stereocenters. The van der Waals surface area contributed by atoms with E-state index in [1.54, 1.807) is 17.9 Å². The van der Waals surface area contributed by atoms with Crippen molar-refractivity contribution in [3.63, 3.8) is 0 Å². The van der Waals surface area contributed by atoms with E-state index in [0.29, 0.717) is 36.9 Å². The van der Waals surface area contributed by atoms with Crippen LogP contribution >= 0.6 is 0 Å². The molecule has 1 saturated carbocycles. The Morgan fingerprint density at radius 2 is 1.83 bits per heavy atom. The maximum atomic E-state index is 12.7. The number of rotatable bonds is 4. The van der Waals surface area contributed by atoms with E-state index in [-0.39, 0.29) is 17.9 Å². The average Bonchev–Trinajstić information content (AvgIpc) is 2.98. The van der Waals surface area contributed by atoms with Crippen LogP contribution in [-0.2, 0) is 11.8 Å². The Bertz CT molecular complexity index is 731. The second-order valence-electron chi connectivity index (χ2n) is 6.29. The Kier molecular flexibility index (Phi) is 4.64. The first-order valence-electron chi connectivity index (χ1n) is 8.17. The summed E-state index contributed by atoms with van der Waals surface area (Å²) in [6.07, 6.45) is 4.34. The molecule has 1 aliphatic carbocycles. The molecule has 2 aromatic rings. The van der Waals surface area contributed by atoms with Gasteiger partial charge in [-0.2, -0.15) is 5.10 Å². The summed E-state index contributed by atoms with van der Waals surface area (Å²) < 4.78 is 1.64. The largest absolute Gasteiger partial charge is 0.481 e. The number of aliphatic carboxylic acids is 1. The molecule has 126 valence electrons. The van der Waals surface area contributed by atoms with E-state index in [0.717, 1.165) is 5.56 Å². The molecule has 0 spiro atoms. The van der Waals surface area contributed by atoms with Gasteiger partial charge in [0.05, 0.1) is 11.5 Å². The first-order valence-corrected chi connectivity index (χ1v) is 8.17. The van der Waals surface area contributed by atoms with Crippen LogP contribution in [0.25, 0.3) is 11.3 Å². The number of aryl methyl sites for hydroxylation is 1. The molecule has 0 radical (unpaired) electrons. The zero-order chi connectivity index (χ0) is 17.1. The van der Waals surface area contributed by atoms with Gasteiger partial charge in [0, 0.05) is 24.8 Å². The second-order valence-corrected chi connectivity index (χ2v) is 6.29. The Labute approximate surface area is 140 Å². The van der Waals surface area contributed by atoms with Crippen LogP contribution in [0.5, 0.6) is 0 Å². The summed E-state index contributed by atoms with van der Waals surface area (Å²) >= 11 is 0. The minimum absolute atomic E-state index is 0.0249. The highest BCUT2D eigenvalue weighted by Crippen LogP contribution is 2.26. The summed E-state index contributed by atoms with van der Waals surface area (Å²) in [4.78, 5) is 23.7. The fourth-order valence-corrected chi connectivity index (χ4v) is 3.21. The molecular weight excluding hydrogens is 306 g/mol. The van der Waals surface area contributed by atoms with Gasteiger partial charge in [0.2, 0.25) is 0 Å². The van der Waals surface area contributed by atoms with Crippen molar-refractivity contribution in [3.05, 3.63) is 42.1 Å². The summed E-state index contributed by atoms with van der Waals surface area (Å²) in [5, 5.41) is 16.5. The average molecular weight is 327 g/mol. The van der Waals surface area contributed by atoms with Gasteiger partial charge < -0.3 is 10.4 Å². The smallest absolute Gasteiger partial charge is 0.306 e. The number of carboxylic acids is 1. The summed E-state index contributed by atoms with van der Waals surface area (Å²) in [6.45, 7) is 0. The van der Waals surface area contributed by atoms with Crippen LogP contribution in [0.4, 0.5) is 0 Å². The zero-order valence-corrected chi connectivity index (χ0v) is 13.6. The second kappa shape index (κ2) is 6.86. The minimum atomic E-state index is -0.738. The SMILES string of the molecule is Cn1cc(C(=O)NC2CCC(C(=O)O)CC2)c(-c2ccccc2)n1. The Balaban J connectivity index is 1.71. The third-order valence-electron chi connectivity index (χ3n) is 4.53. The van der Waals surface area contributed by atoms with Crippen molar-refractivity contribution >= 4 is 11.9 Å². The third-order valence-corrected chi connectivity index (χ3v) is 4.53. The van der Waals surface area contributed by atoms with Gasteiger partial charge in [-0.1, -0.05) is 30.3 Å². The van der Waals surface area contributed by atoms with Crippen molar-refractivity contribution in [3.8, 4) is 11.3 Å². The number of hydrogen-bond donors (Lipinski definition) is 2. The van der Waals surface area contributed by atoms with Crippen LogP contribution in [0.2, 0.25) is 0 Å². The molecule has 6 heteroatoms.